The molecule has 0 aliphatic heterocycles. The lowest BCUT2D eigenvalue weighted by Gasteiger charge is -1.53. The number of aliphatic hydroxyl groups excluding tert-OH is 1. The van der Waals surface area contributed by atoms with E-state index in [1.54, 1.807) is 0 Å². The smallest absolute Gasteiger partial charge is 0.0567 e. The van der Waals surface area contributed by atoms with Gasteiger partial charge in [-0.1, -0.05) is 0 Å². The molecule has 0 aromatic heterocycles. The van der Waals surface area contributed by atoms with E-state index in [4.69, 9.17) is 5.11 Å². The summed E-state index contributed by atoms with van der Waals surface area (Å²) in [5.74, 6) is 0. The second-order valence-corrected chi connectivity index (χ2v) is 0.548. The topological polar surface area (TPSA) is 20.2 Å². The summed E-state index contributed by atoms with van der Waals surface area (Å²) in [6.07, 6.45) is 0.167. The number of hydrogen-bond donors (Lipinski definition) is 1. The zero-order chi connectivity index (χ0) is 2.71. The summed E-state index contributed by atoms with van der Waals surface area (Å²) in [5, 5.41) is 7.53. The van der Waals surface area contributed by atoms with Crippen molar-refractivity contribution < 1.29 is 9.81 Å². The lowest BCUT2D eigenvalue weighted by molar-refractivity contribution is 0.375. The third kappa shape index (κ3) is 39.5. The number of halogens is 1. The molecule has 0 radical (unpaired) electrons. The predicted molar refractivity (Wildman–Crippen MR) is 19.3 cm³/mol. The zero-order valence-corrected chi connectivity index (χ0v) is 3.29. The molecule has 1 unspecified atom stereocenters. The molecule has 0 rings (SSSR count). The highest BCUT2D eigenvalue weighted by Crippen LogP contribution is 1.63. The predicted octanol–water partition coefficient (Wildman–Crippen LogP) is -0.0362. The van der Waals surface area contributed by atoms with Crippen LogP contribution < -0.4 is 0 Å². The Balaban J connectivity index is 0. The Morgan fingerprint density at radius 2 is 1.75 bits per heavy atom. The number of hydrogen-bond acceptors (Lipinski definition) is 1. The van der Waals surface area contributed by atoms with Crippen molar-refractivity contribution in [1.29, 1.82) is 0 Å². The summed E-state index contributed by atoms with van der Waals surface area (Å²) in [6, 6.07) is 0. The third-order valence-corrected chi connectivity index (χ3v) is 0. The highest BCUT2D eigenvalue weighted by atomic mass is 31.0. The van der Waals surface area contributed by atoms with E-state index in [1.807, 2.05) is 0 Å². The summed E-state index contributed by atoms with van der Waals surface area (Å²) >= 11 is 0. The maximum Gasteiger partial charge on any atom is 0.0567 e. The molecule has 3 heteroatoms. The monoisotopic (exact) mass is 84.0 g/mol. The van der Waals surface area contributed by atoms with Crippen molar-refractivity contribution in [3.05, 3.63) is 0 Å². The summed E-state index contributed by atoms with van der Waals surface area (Å²) in [5.41, 5.74) is 0. The maximum atomic E-state index is 7.53. The lowest BCUT2D eigenvalue weighted by Crippen LogP contribution is -1.47. The van der Waals surface area contributed by atoms with E-state index in [0.29, 0.717) is 0 Å². The quantitative estimate of drug-likeness (QED) is 0.408. The molecule has 0 aromatic carbocycles. The molecule has 0 saturated heterocycles. The minimum atomic E-state index is 0. The van der Waals surface area contributed by atoms with E-state index in [1.165, 1.54) is 0 Å². The first-order valence-electron chi connectivity index (χ1n) is 0.724. The van der Waals surface area contributed by atoms with Crippen molar-refractivity contribution in [2.24, 2.45) is 0 Å². The van der Waals surface area contributed by atoms with E-state index in [0.717, 1.165) is 0 Å². The van der Waals surface area contributed by atoms with Crippen molar-refractivity contribution in [1.82, 2.24) is 0 Å². The van der Waals surface area contributed by atoms with Gasteiger partial charge in [-0.15, -0.1) is 9.24 Å². The van der Waals surface area contributed by atoms with Gasteiger partial charge in [0.2, 0.25) is 0 Å². The van der Waals surface area contributed by atoms with E-state index >= 15 is 0 Å². The molecule has 0 aromatic rings. The first-order valence-corrected chi connectivity index (χ1v) is 1.54. The van der Waals surface area contributed by atoms with Crippen molar-refractivity contribution in [2.45, 2.75) is 0 Å². The van der Waals surface area contributed by atoms with Crippen LogP contribution in [0.25, 0.3) is 0 Å². The van der Waals surface area contributed by atoms with Gasteiger partial charge in [-0.2, -0.15) is 0 Å². The molecular formula is CH6FOP. The van der Waals surface area contributed by atoms with E-state index in [-0.39, 0.29) is 11.1 Å². The van der Waals surface area contributed by atoms with Crippen LogP contribution in [0.4, 0.5) is 4.70 Å². The maximum absolute atomic E-state index is 7.53. The number of rotatable bonds is 0. The third-order valence-electron chi connectivity index (χ3n) is 0. The largest absolute Gasteiger partial charge is 0.392 e. The van der Waals surface area contributed by atoms with Gasteiger partial charge in [0.1, 0.15) is 0 Å². The van der Waals surface area contributed by atoms with Crippen molar-refractivity contribution in [3.8, 4) is 0 Å². The first kappa shape index (κ1) is 8.85. The van der Waals surface area contributed by atoms with Crippen LogP contribution in [0.1, 0.15) is 0 Å². The molecular weight excluding hydrogens is 78.0 g/mol. The van der Waals surface area contributed by atoms with Crippen LogP contribution in [-0.4, -0.2) is 11.5 Å². The molecule has 0 fully saturated rings. The average Bonchev–Trinajstić information content (AvgIpc) is 0.918. The second-order valence-electron chi connectivity index (χ2n) is 0.183. The Labute approximate surface area is 26.6 Å². The molecule has 0 saturated carbocycles. The Bertz CT molecular complexity index is 8.00. The molecule has 0 heterocycles. The van der Waals surface area contributed by atoms with Crippen molar-refractivity contribution in [3.63, 3.8) is 0 Å². The summed E-state index contributed by atoms with van der Waals surface area (Å²) in [6.45, 7) is 0. The van der Waals surface area contributed by atoms with Gasteiger partial charge in [0.25, 0.3) is 0 Å². The van der Waals surface area contributed by atoms with Gasteiger partial charge in [-0.05, 0) is 0 Å². The van der Waals surface area contributed by atoms with Crippen LogP contribution in [0.5, 0.6) is 0 Å². The Kier molecular flexibility index (Phi) is 22.7. The molecule has 0 spiro atoms. The van der Waals surface area contributed by atoms with Gasteiger partial charge < -0.3 is 5.11 Å². The molecule has 4 heavy (non-hydrogen) atoms. The van der Waals surface area contributed by atoms with E-state index in [2.05, 4.69) is 9.24 Å². The van der Waals surface area contributed by atoms with Gasteiger partial charge in [0, 0.05) is 0 Å². The fraction of sp³-hybridized carbons (Fsp3) is 1.00. The van der Waals surface area contributed by atoms with Crippen LogP contribution in [0.15, 0.2) is 0 Å². The van der Waals surface area contributed by atoms with Crippen LogP contribution >= 0.6 is 9.24 Å². The lowest BCUT2D eigenvalue weighted by atomic mass is 11.7. The van der Waals surface area contributed by atoms with Gasteiger partial charge >= 0.3 is 0 Å². The highest BCUT2D eigenvalue weighted by molar-refractivity contribution is 7.16. The normalized spacial score (nSPS) is 4.50. The molecule has 0 bridgehead atoms. The first-order chi connectivity index (χ1) is 1.41. The van der Waals surface area contributed by atoms with E-state index < -0.39 is 0 Å². The van der Waals surface area contributed by atoms with Crippen LogP contribution in [-0.2, 0) is 0 Å². The minimum Gasteiger partial charge on any atom is -0.392 e. The number of aliphatic hydroxyl groups is 1. The minimum absolute atomic E-state index is 0. The standard InChI is InChI=1S/CH5OP.FH/c2-1-3;/h2H,1,3H2;1H. The summed E-state index contributed by atoms with van der Waals surface area (Å²) in [4.78, 5) is 0. The van der Waals surface area contributed by atoms with Gasteiger partial charge in [-0.25, -0.2) is 0 Å². The molecule has 0 aliphatic carbocycles. The van der Waals surface area contributed by atoms with Crippen LogP contribution in [0.2, 0.25) is 0 Å². The van der Waals surface area contributed by atoms with E-state index in [9.17, 15) is 0 Å². The van der Waals surface area contributed by atoms with Gasteiger partial charge in [0.05, 0.1) is 6.35 Å². The van der Waals surface area contributed by atoms with Crippen molar-refractivity contribution in [2.75, 3.05) is 6.35 Å². The van der Waals surface area contributed by atoms with Gasteiger partial charge in [0.15, 0.2) is 0 Å². The Morgan fingerprint density at radius 3 is 1.75 bits per heavy atom. The van der Waals surface area contributed by atoms with Gasteiger partial charge in [-0.3, -0.25) is 4.70 Å². The summed E-state index contributed by atoms with van der Waals surface area (Å²) in [7, 11) is 2.13. The summed E-state index contributed by atoms with van der Waals surface area (Å²) < 4.78 is 0. The molecule has 28 valence electrons. The Morgan fingerprint density at radius 1 is 1.75 bits per heavy atom. The highest BCUT2D eigenvalue weighted by Gasteiger charge is 1.33. The zero-order valence-electron chi connectivity index (χ0n) is 2.14. The molecule has 0 aliphatic rings. The van der Waals surface area contributed by atoms with Crippen LogP contribution in [0.3, 0.4) is 0 Å². The fourth-order valence-electron chi connectivity index (χ4n) is 0. The molecule has 1 nitrogen and oxygen atoms in total. The second kappa shape index (κ2) is 10.3. The van der Waals surface area contributed by atoms with Crippen LogP contribution in [0, 0.1) is 0 Å². The molecule has 0 amide bonds. The molecule has 1 atom stereocenters. The SMILES string of the molecule is F.OCP. The average molecular weight is 84.0 g/mol. The van der Waals surface area contributed by atoms with Crippen molar-refractivity contribution >= 4 is 9.24 Å². The Hall–Kier alpha value is 0.320. The fourth-order valence-corrected chi connectivity index (χ4v) is 0. The molecule has 1 N–H and O–H groups in total.